The van der Waals surface area contributed by atoms with E-state index in [0.717, 1.165) is 10.0 Å². The van der Waals surface area contributed by atoms with Gasteiger partial charge in [0.15, 0.2) is 5.84 Å². The maximum Gasteiger partial charge on any atom is 0.173 e. The SMILES string of the molecule is Cc1ccc(Br)cc1Oc1ccccc1/C(N)=N/O. The lowest BCUT2D eigenvalue weighted by atomic mass is 10.2. The molecule has 0 aliphatic rings. The third-order valence-electron chi connectivity index (χ3n) is 2.64. The van der Waals surface area contributed by atoms with Gasteiger partial charge >= 0.3 is 0 Å². The van der Waals surface area contributed by atoms with Crippen molar-refractivity contribution in [1.29, 1.82) is 0 Å². The first-order valence-corrected chi connectivity index (χ1v) is 6.42. The summed E-state index contributed by atoms with van der Waals surface area (Å²) in [4.78, 5) is 0. The molecule has 0 aromatic heterocycles. The van der Waals surface area contributed by atoms with Crippen molar-refractivity contribution in [2.24, 2.45) is 10.9 Å². The Balaban J connectivity index is 2.41. The second-order valence-corrected chi connectivity index (χ2v) is 4.91. The van der Waals surface area contributed by atoms with Crippen molar-refractivity contribution >= 4 is 21.8 Å². The zero-order valence-electron chi connectivity index (χ0n) is 10.3. The quantitative estimate of drug-likeness (QED) is 0.392. The Morgan fingerprint density at radius 1 is 1.21 bits per heavy atom. The van der Waals surface area contributed by atoms with Crippen LogP contribution < -0.4 is 10.5 Å². The minimum absolute atomic E-state index is 0.0169. The van der Waals surface area contributed by atoms with Gasteiger partial charge in [-0.3, -0.25) is 0 Å². The second kappa shape index (κ2) is 5.75. The molecule has 19 heavy (non-hydrogen) atoms. The molecule has 4 nitrogen and oxygen atoms in total. The number of benzene rings is 2. The Bertz CT molecular complexity index is 627. The monoisotopic (exact) mass is 320 g/mol. The van der Waals surface area contributed by atoms with E-state index in [4.69, 9.17) is 15.7 Å². The number of oxime groups is 1. The fourth-order valence-electron chi connectivity index (χ4n) is 1.62. The highest BCUT2D eigenvalue weighted by Gasteiger charge is 2.10. The molecule has 0 saturated heterocycles. The van der Waals surface area contributed by atoms with Crippen molar-refractivity contribution in [2.75, 3.05) is 0 Å². The van der Waals surface area contributed by atoms with Gasteiger partial charge in [-0.2, -0.15) is 0 Å². The summed E-state index contributed by atoms with van der Waals surface area (Å²) in [5, 5.41) is 11.8. The van der Waals surface area contributed by atoms with Gasteiger partial charge < -0.3 is 15.7 Å². The fraction of sp³-hybridized carbons (Fsp3) is 0.0714. The number of ether oxygens (including phenoxy) is 1. The molecule has 0 radical (unpaired) electrons. The van der Waals surface area contributed by atoms with Gasteiger partial charge in [-0.1, -0.05) is 39.3 Å². The summed E-state index contributed by atoms with van der Waals surface area (Å²) in [6, 6.07) is 12.9. The molecule has 0 fully saturated rings. The van der Waals surface area contributed by atoms with E-state index in [0.29, 0.717) is 17.1 Å². The maximum absolute atomic E-state index is 8.78. The zero-order chi connectivity index (χ0) is 13.8. The number of amidine groups is 1. The van der Waals surface area contributed by atoms with E-state index in [-0.39, 0.29) is 5.84 Å². The van der Waals surface area contributed by atoms with Crippen molar-refractivity contribution in [3.05, 3.63) is 58.1 Å². The molecule has 0 heterocycles. The van der Waals surface area contributed by atoms with Crippen molar-refractivity contribution < 1.29 is 9.94 Å². The summed E-state index contributed by atoms with van der Waals surface area (Å²) in [5.41, 5.74) is 7.17. The molecular formula is C14H13BrN2O2. The van der Waals surface area contributed by atoms with Gasteiger partial charge in [-0.25, -0.2) is 0 Å². The van der Waals surface area contributed by atoms with Gasteiger partial charge in [0.05, 0.1) is 5.56 Å². The van der Waals surface area contributed by atoms with Gasteiger partial charge in [-0.15, -0.1) is 0 Å². The summed E-state index contributed by atoms with van der Waals surface area (Å²) in [6.07, 6.45) is 0. The molecule has 0 bridgehead atoms. The number of hydrogen-bond acceptors (Lipinski definition) is 3. The van der Waals surface area contributed by atoms with Crippen LogP contribution in [0.15, 0.2) is 52.1 Å². The summed E-state index contributed by atoms with van der Waals surface area (Å²) in [7, 11) is 0. The molecule has 0 unspecified atom stereocenters. The molecule has 0 aliphatic carbocycles. The first-order chi connectivity index (χ1) is 9.11. The molecule has 5 heteroatoms. The maximum atomic E-state index is 8.78. The normalized spacial score (nSPS) is 11.4. The van der Waals surface area contributed by atoms with Crippen LogP contribution in [-0.4, -0.2) is 11.0 Å². The van der Waals surface area contributed by atoms with Crippen molar-refractivity contribution in [1.82, 2.24) is 0 Å². The first kappa shape index (κ1) is 13.4. The number of hydrogen-bond donors (Lipinski definition) is 2. The Morgan fingerprint density at radius 2 is 1.95 bits per heavy atom. The van der Waals surface area contributed by atoms with Gasteiger partial charge in [0, 0.05) is 4.47 Å². The highest BCUT2D eigenvalue weighted by Crippen LogP contribution is 2.30. The van der Waals surface area contributed by atoms with Crippen LogP contribution >= 0.6 is 15.9 Å². The first-order valence-electron chi connectivity index (χ1n) is 5.62. The molecule has 0 spiro atoms. The number of nitrogens with two attached hydrogens (primary N) is 1. The van der Waals surface area contributed by atoms with E-state index in [2.05, 4.69) is 21.1 Å². The third-order valence-corrected chi connectivity index (χ3v) is 3.13. The molecule has 0 amide bonds. The third kappa shape index (κ3) is 3.06. The summed E-state index contributed by atoms with van der Waals surface area (Å²) in [5.74, 6) is 1.27. The molecular weight excluding hydrogens is 308 g/mol. The van der Waals surface area contributed by atoms with Crippen LogP contribution in [0.25, 0.3) is 0 Å². The smallest absolute Gasteiger partial charge is 0.173 e. The van der Waals surface area contributed by atoms with Crippen molar-refractivity contribution in [3.8, 4) is 11.5 Å². The minimum atomic E-state index is 0.0169. The van der Waals surface area contributed by atoms with Gasteiger partial charge in [-0.05, 0) is 36.8 Å². The standard InChI is InChI=1S/C14H13BrN2O2/c1-9-6-7-10(15)8-13(9)19-12-5-3-2-4-11(12)14(16)17-18/h2-8,18H,1H3,(H2,16,17). The predicted molar refractivity (Wildman–Crippen MR) is 77.9 cm³/mol. The minimum Gasteiger partial charge on any atom is -0.456 e. The van der Waals surface area contributed by atoms with E-state index in [1.807, 2.05) is 31.2 Å². The average Bonchev–Trinajstić information content (AvgIpc) is 2.42. The number of nitrogens with zero attached hydrogens (tertiary/aromatic N) is 1. The van der Waals surface area contributed by atoms with Gasteiger partial charge in [0.1, 0.15) is 11.5 Å². The number of halogens is 1. The Kier molecular flexibility index (Phi) is 4.06. The molecule has 2 aromatic carbocycles. The summed E-state index contributed by atoms with van der Waals surface area (Å²) < 4.78 is 6.77. The van der Waals surface area contributed by atoms with Crippen LogP contribution in [0, 0.1) is 6.92 Å². The lowest BCUT2D eigenvalue weighted by Crippen LogP contribution is -2.14. The fourth-order valence-corrected chi connectivity index (χ4v) is 1.96. The molecule has 3 N–H and O–H groups in total. The molecule has 2 aromatic rings. The van der Waals surface area contributed by atoms with Crippen LogP contribution in [0.3, 0.4) is 0 Å². The highest BCUT2D eigenvalue weighted by atomic mass is 79.9. The van der Waals surface area contributed by atoms with Crippen LogP contribution in [0.1, 0.15) is 11.1 Å². The topological polar surface area (TPSA) is 67.8 Å². The van der Waals surface area contributed by atoms with Crippen LogP contribution in [0.4, 0.5) is 0 Å². The van der Waals surface area contributed by atoms with E-state index in [9.17, 15) is 0 Å². The Morgan fingerprint density at radius 3 is 2.68 bits per heavy atom. The van der Waals surface area contributed by atoms with E-state index in [1.165, 1.54) is 0 Å². The zero-order valence-corrected chi connectivity index (χ0v) is 11.9. The van der Waals surface area contributed by atoms with E-state index < -0.39 is 0 Å². The lowest BCUT2D eigenvalue weighted by Gasteiger charge is -2.12. The number of para-hydroxylation sites is 1. The lowest BCUT2D eigenvalue weighted by molar-refractivity contribution is 0.318. The van der Waals surface area contributed by atoms with Gasteiger partial charge in [0.2, 0.25) is 0 Å². The highest BCUT2D eigenvalue weighted by molar-refractivity contribution is 9.10. The molecule has 0 saturated carbocycles. The van der Waals surface area contributed by atoms with Crippen molar-refractivity contribution in [2.45, 2.75) is 6.92 Å². The molecule has 98 valence electrons. The average molecular weight is 321 g/mol. The Labute approximate surface area is 119 Å². The molecule has 0 aliphatic heterocycles. The van der Waals surface area contributed by atoms with Crippen LogP contribution in [-0.2, 0) is 0 Å². The van der Waals surface area contributed by atoms with E-state index >= 15 is 0 Å². The predicted octanol–water partition coefficient (Wildman–Crippen LogP) is 3.64. The summed E-state index contributed by atoms with van der Waals surface area (Å²) >= 11 is 3.40. The molecule has 0 atom stereocenters. The molecule has 2 rings (SSSR count). The Hall–Kier alpha value is -2.01. The van der Waals surface area contributed by atoms with Crippen LogP contribution in [0.5, 0.6) is 11.5 Å². The van der Waals surface area contributed by atoms with Crippen molar-refractivity contribution in [3.63, 3.8) is 0 Å². The number of rotatable bonds is 3. The van der Waals surface area contributed by atoms with Crippen LogP contribution in [0.2, 0.25) is 0 Å². The summed E-state index contributed by atoms with van der Waals surface area (Å²) in [6.45, 7) is 1.95. The number of aryl methyl sites for hydroxylation is 1. The van der Waals surface area contributed by atoms with E-state index in [1.54, 1.807) is 18.2 Å². The second-order valence-electron chi connectivity index (χ2n) is 3.99. The van der Waals surface area contributed by atoms with Gasteiger partial charge in [0.25, 0.3) is 0 Å². The largest absolute Gasteiger partial charge is 0.456 e.